The van der Waals surface area contributed by atoms with Crippen LogP contribution in [0.25, 0.3) is 6.08 Å². The molecule has 40 heavy (non-hydrogen) atoms. The molecule has 0 N–H and O–H groups in total. The van der Waals surface area contributed by atoms with Crippen molar-refractivity contribution in [3.8, 4) is 5.75 Å². The SMILES string of the molecule is Cc1ccc(N=C2S/C(=C/c3ccc(OCc4ccccc4Cl)c(Cl)c3)C(=O)N2c2ccc(C)c(Cl)c2)cc1Cl. The summed E-state index contributed by atoms with van der Waals surface area (Å²) in [7, 11) is 0. The Morgan fingerprint density at radius 3 is 2.25 bits per heavy atom. The van der Waals surface area contributed by atoms with Gasteiger partial charge in [-0.25, -0.2) is 4.99 Å². The minimum Gasteiger partial charge on any atom is -0.487 e. The van der Waals surface area contributed by atoms with Gasteiger partial charge in [0.1, 0.15) is 12.4 Å². The number of hydrogen-bond donors (Lipinski definition) is 0. The minimum absolute atomic E-state index is 0.225. The summed E-state index contributed by atoms with van der Waals surface area (Å²) < 4.78 is 5.89. The van der Waals surface area contributed by atoms with Crippen LogP contribution in [0, 0.1) is 13.8 Å². The van der Waals surface area contributed by atoms with Crippen LogP contribution in [-0.4, -0.2) is 11.1 Å². The third-order valence-electron chi connectivity index (χ3n) is 6.19. The van der Waals surface area contributed by atoms with Crippen LogP contribution in [0.3, 0.4) is 0 Å². The zero-order chi connectivity index (χ0) is 28.4. The number of amides is 1. The Morgan fingerprint density at radius 1 is 0.825 bits per heavy atom. The van der Waals surface area contributed by atoms with Crippen LogP contribution in [0.5, 0.6) is 5.75 Å². The van der Waals surface area contributed by atoms with Gasteiger partial charge in [-0.15, -0.1) is 0 Å². The molecule has 0 unspecified atom stereocenters. The lowest BCUT2D eigenvalue weighted by molar-refractivity contribution is -0.113. The zero-order valence-corrected chi connectivity index (χ0v) is 25.3. The molecule has 4 nitrogen and oxygen atoms in total. The molecule has 0 atom stereocenters. The summed E-state index contributed by atoms with van der Waals surface area (Å²) in [6.45, 7) is 4.12. The number of amidine groups is 1. The second-order valence-electron chi connectivity index (χ2n) is 9.08. The molecule has 0 spiro atoms. The van der Waals surface area contributed by atoms with E-state index in [4.69, 9.17) is 56.1 Å². The molecule has 0 aliphatic carbocycles. The molecule has 1 fully saturated rings. The van der Waals surface area contributed by atoms with Crippen LogP contribution in [-0.2, 0) is 11.4 Å². The Morgan fingerprint density at radius 2 is 1.55 bits per heavy atom. The van der Waals surface area contributed by atoms with E-state index in [1.807, 2.05) is 68.4 Å². The molecule has 4 aromatic rings. The number of halogens is 4. The van der Waals surface area contributed by atoms with Crippen molar-refractivity contribution in [2.75, 3.05) is 4.90 Å². The number of thioether (sulfide) groups is 1. The fraction of sp³-hybridized carbons (Fsp3) is 0.0968. The first-order chi connectivity index (χ1) is 19.2. The number of carbonyl (C=O) groups excluding carboxylic acids is 1. The van der Waals surface area contributed by atoms with Crippen molar-refractivity contribution in [2.24, 2.45) is 4.99 Å². The summed E-state index contributed by atoms with van der Waals surface area (Å²) in [4.78, 5) is 20.5. The van der Waals surface area contributed by atoms with Gasteiger partial charge in [-0.1, -0.05) is 82.8 Å². The molecule has 202 valence electrons. The first-order valence-electron chi connectivity index (χ1n) is 12.2. The highest BCUT2D eigenvalue weighted by atomic mass is 35.5. The van der Waals surface area contributed by atoms with Crippen LogP contribution in [0.2, 0.25) is 20.1 Å². The number of carbonyl (C=O) groups is 1. The molecule has 4 aromatic carbocycles. The van der Waals surface area contributed by atoms with Gasteiger partial charge in [0.15, 0.2) is 5.17 Å². The standard InChI is InChI=1S/C31H22Cl4N2O2S/c1-18-7-10-22(15-25(18)33)36-31-37(23-11-8-19(2)26(34)16-23)30(38)29(40-31)14-20-9-12-28(27(35)13-20)39-17-21-5-3-4-6-24(21)32/h3-16H,17H2,1-2H3/b29-14+,36-31?. The van der Waals surface area contributed by atoms with Crippen LogP contribution < -0.4 is 9.64 Å². The summed E-state index contributed by atoms with van der Waals surface area (Å²) in [5.74, 6) is 0.292. The van der Waals surface area contributed by atoms with E-state index in [0.717, 1.165) is 22.3 Å². The van der Waals surface area contributed by atoms with Crippen molar-refractivity contribution in [3.63, 3.8) is 0 Å². The summed E-state index contributed by atoms with van der Waals surface area (Å²) in [5.41, 5.74) is 4.72. The topological polar surface area (TPSA) is 41.9 Å². The van der Waals surface area contributed by atoms with E-state index in [-0.39, 0.29) is 12.5 Å². The Labute approximate surface area is 257 Å². The normalized spacial score (nSPS) is 15.3. The summed E-state index contributed by atoms with van der Waals surface area (Å²) in [5, 5.41) is 2.69. The van der Waals surface area contributed by atoms with E-state index >= 15 is 0 Å². The predicted octanol–water partition coefficient (Wildman–Crippen LogP) is 10.3. The van der Waals surface area contributed by atoms with Gasteiger partial charge in [0.2, 0.25) is 0 Å². The fourth-order valence-corrected chi connectivity index (χ4v) is 5.69. The Balaban J connectivity index is 1.45. The van der Waals surface area contributed by atoms with E-state index in [1.165, 1.54) is 11.8 Å². The van der Waals surface area contributed by atoms with E-state index in [2.05, 4.69) is 0 Å². The first kappa shape index (κ1) is 28.6. The van der Waals surface area contributed by atoms with Crippen molar-refractivity contribution in [1.29, 1.82) is 0 Å². The molecule has 5 rings (SSSR count). The summed E-state index contributed by atoms with van der Waals surface area (Å²) in [6, 6.07) is 23.9. The van der Waals surface area contributed by atoms with Gasteiger partial charge in [-0.05, 0) is 90.8 Å². The first-order valence-corrected chi connectivity index (χ1v) is 14.5. The number of aryl methyl sites for hydroxylation is 2. The number of ether oxygens (including phenoxy) is 1. The van der Waals surface area contributed by atoms with Crippen LogP contribution in [0.4, 0.5) is 11.4 Å². The number of aliphatic imine (C=N–C) groups is 1. The average molecular weight is 628 g/mol. The summed E-state index contributed by atoms with van der Waals surface area (Å²) in [6.07, 6.45) is 1.78. The number of nitrogens with zero attached hydrogens (tertiary/aromatic N) is 2. The van der Waals surface area contributed by atoms with Gasteiger partial charge < -0.3 is 4.74 Å². The van der Waals surface area contributed by atoms with Crippen LogP contribution in [0.1, 0.15) is 22.3 Å². The molecule has 0 radical (unpaired) electrons. The molecular weight excluding hydrogens is 606 g/mol. The zero-order valence-electron chi connectivity index (χ0n) is 21.4. The molecule has 1 amide bonds. The lowest BCUT2D eigenvalue weighted by Crippen LogP contribution is -2.28. The van der Waals surface area contributed by atoms with Gasteiger partial charge in [-0.2, -0.15) is 0 Å². The molecule has 1 aliphatic rings. The smallest absolute Gasteiger partial charge is 0.271 e. The van der Waals surface area contributed by atoms with Crippen LogP contribution >= 0.6 is 58.2 Å². The highest BCUT2D eigenvalue weighted by Crippen LogP contribution is 2.39. The number of anilines is 1. The molecule has 1 heterocycles. The lowest BCUT2D eigenvalue weighted by Gasteiger charge is -2.16. The summed E-state index contributed by atoms with van der Waals surface area (Å²) >= 11 is 26.8. The van der Waals surface area contributed by atoms with Crippen molar-refractivity contribution in [1.82, 2.24) is 0 Å². The number of rotatable bonds is 6. The Bertz CT molecular complexity index is 1690. The third kappa shape index (κ3) is 6.35. The second kappa shape index (κ2) is 12.3. The van der Waals surface area contributed by atoms with Crippen molar-refractivity contribution in [3.05, 3.63) is 126 Å². The average Bonchev–Trinajstić information content (AvgIpc) is 3.22. The maximum Gasteiger partial charge on any atom is 0.271 e. The van der Waals surface area contributed by atoms with Gasteiger partial charge in [-0.3, -0.25) is 9.69 Å². The maximum absolute atomic E-state index is 13.7. The van der Waals surface area contributed by atoms with E-state index in [0.29, 0.717) is 47.3 Å². The van der Waals surface area contributed by atoms with Gasteiger partial charge in [0, 0.05) is 20.6 Å². The highest BCUT2D eigenvalue weighted by Gasteiger charge is 2.35. The molecule has 0 bridgehead atoms. The number of benzene rings is 4. The van der Waals surface area contributed by atoms with Crippen molar-refractivity contribution in [2.45, 2.75) is 20.5 Å². The Hall–Kier alpha value is -2.93. The molecule has 0 saturated carbocycles. The largest absolute Gasteiger partial charge is 0.487 e. The lowest BCUT2D eigenvalue weighted by atomic mass is 10.2. The van der Waals surface area contributed by atoms with Crippen molar-refractivity contribution < 1.29 is 9.53 Å². The maximum atomic E-state index is 13.7. The molecule has 1 saturated heterocycles. The quantitative estimate of drug-likeness (QED) is 0.200. The van der Waals surface area contributed by atoms with Gasteiger partial charge >= 0.3 is 0 Å². The fourth-order valence-electron chi connectivity index (χ4n) is 3.91. The highest BCUT2D eigenvalue weighted by molar-refractivity contribution is 8.19. The van der Waals surface area contributed by atoms with Gasteiger partial charge in [0.05, 0.1) is 21.3 Å². The van der Waals surface area contributed by atoms with Crippen LogP contribution in [0.15, 0.2) is 88.8 Å². The monoisotopic (exact) mass is 626 g/mol. The molecular formula is C31H22Cl4N2O2S. The molecule has 0 aromatic heterocycles. The molecule has 1 aliphatic heterocycles. The predicted molar refractivity (Wildman–Crippen MR) is 170 cm³/mol. The van der Waals surface area contributed by atoms with Crippen molar-refractivity contribution >= 4 is 86.7 Å². The van der Waals surface area contributed by atoms with E-state index in [1.54, 1.807) is 35.2 Å². The third-order valence-corrected chi connectivity index (χ3v) is 8.64. The second-order valence-corrected chi connectivity index (χ2v) is 11.7. The van der Waals surface area contributed by atoms with E-state index in [9.17, 15) is 4.79 Å². The van der Waals surface area contributed by atoms with Gasteiger partial charge in [0.25, 0.3) is 5.91 Å². The number of hydrogen-bond acceptors (Lipinski definition) is 4. The minimum atomic E-state index is -0.225. The van der Waals surface area contributed by atoms with E-state index < -0.39 is 0 Å². The molecule has 9 heteroatoms. The Kier molecular flexibility index (Phi) is 8.79.